The molecule has 182 valence electrons. The summed E-state index contributed by atoms with van der Waals surface area (Å²) in [6, 6.07) is 8.12. The van der Waals surface area contributed by atoms with Crippen LogP contribution in [0.3, 0.4) is 0 Å². The molecule has 0 spiro atoms. The molecule has 2 atom stereocenters. The van der Waals surface area contributed by atoms with Crippen LogP contribution in [0.4, 0.5) is 13.2 Å². The first kappa shape index (κ1) is 23.5. The zero-order valence-electron chi connectivity index (χ0n) is 18.9. The molecule has 0 radical (unpaired) electrons. The Morgan fingerprint density at radius 2 is 1.89 bits per heavy atom. The van der Waals surface area contributed by atoms with Gasteiger partial charge in [0.25, 0.3) is 5.56 Å². The van der Waals surface area contributed by atoms with Crippen molar-refractivity contribution in [3.63, 3.8) is 0 Å². The predicted molar refractivity (Wildman–Crippen MR) is 124 cm³/mol. The van der Waals surface area contributed by atoms with Crippen LogP contribution in [0.5, 0.6) is 0 Å². The van der Waals surface area contributed by atoms with Crippen molar-refractivity contribution < 1.29 is 17.9 Å². The van der Waals surface area contributed by atoms with Crippen LogP contribution < -0.4 is 5.56 Å². The van der Waals surface area contributed by atoms with Gasteiger partial charge in [-0.15, -0.1) is 0 Å². The van der Waals surface area contributed by atoms with Gasteiger partial charge in [0, 0.05) is 54.7 Å². The fraction of sp³-hybridized carbons (Fsp3) is 0.333. The van der Waals surface area contributed by atoms with E-state index in [1.165, 1.54) is 0 Å². The molecular formula is C24H21ClF3N5O2. The first-order chi connectivity index (χ1) is 16.6. The Balaban J connectivity index is 1.68. The number of pyridine rings is 1. The van der Waals surface area contributed by atoms with Gasteiger partial charge in [0.1, 0.15) is 5.52 Å². The van der Waals surface area contributed by atoms with Gasteiger partial charge >= 0.3 is 6.18 Å². The summed E-state index contributed by atoms with van der Waals surface area (Å²) in [6.45, 7) is 0.476. The lowest BCUT2D eigenvalue weighted by Crippen LogP contribution is -2.28. The van der Waals surface area contributed by atoms with Crippen molar-refractivity contribution >= 4 is 22.5 Å². The highest BCUT2D eigenvalue weighted by Crippen LogP contribution is 2.39. The van der Waals surface area contributed by atoms with Crippen molar-refractivity contribution in [2.45, 2.75) is 31.0 Å². The van der Waals surface area contributed by atoms with Gasteiger partial charge in [-0.25, -0.2) is 4.98 Å². The van der Waals surface area contributed by atoms with Crippen molar-refractivity contribution in [2.24, 2.45) is 14.1 Å². The fourth-order valence-corrected chi connectivity index (χ4v) is 4.59. The third kappa shape index (κ3) is 4.43. The van der Waals surface area contributed by atoms with Gasteiger partial charge in [-0.05, 0) is 31.0 Å². The molecule has 4 heterocycles. The summed E-state index contributed by atoms with van der Waals surface area (Å²) in [5.41, 5.74) is 1.40. The molecule has 5 rings (SSSR count). The van der Waals surface area contributed by atoms with Crippen LogP contribution in [-0.4, -0.2) is 30.9 Å². The highest BCUT2D eigenvalue weighted by molar-refractivity contribution is 6.30. The molecular weight excluding hydrogens is 483 g/mol. The number of ether oxygens (including phenoxy) is 1. The number of halogens is 4. The van der Waals surface area contributed by atoms with Gasteiger partial charge in [0.05, 0.1) is 23.4 Å². The molecule has 0 unspecified atom stereocenters. The maximum absolute atomic E-state index is 13.6. The fourth-order valence-electron chi connectivity index (χ4n) is 4.47. The molecule has 1 saturated heterocycles. The Kier molecular flexibility index (Phi) is 5.88. The number of nitrogens with zero attached hydrogens (tertiary/aromatic N) is 5. The average Bonchev–Trinajstić information content (AvgIpc) is 3.27. The van der Waals surface area contributed by atoms with Gasteiger partial charge in [0.2, 0.25) is 5.82 Å². The minimum atomic E-state index is -4.80. The molecule has 1 aliphatic rings. The average molecular weight is 504 g/mol. The number of hydrogen-bond acceptors (Lipinski definition) is 5. The number of alkyl halides is 3. The molecule has 0 aliphatic carbocycles. The topological polar surface area (TPSA) is 74.8 Å². The lowest BCUT2D eigenvalue weighted by molar-refractivity contribution is -0.147. The summed E-state index contributed by atoms with van der Waals surface area (Å²) >= 11 is 6.02. The zero-order valence-corrected chi connectivity index (χ0v) is 19.6. The molecule has 3 aromatic heterocycles. The molecule has 4 aromatic rings. The lowest BCUT2D eigenvalue weighted by Gasteiger charge is -2.29. The number of rotatable bonds is 3. The van der Waals surface area contributed by atoms with E-state index in [0.717, 1.165) is 12.6 Å². The molecule has 1 fully saturated rings. The van der Waals surface area contributed by atoms with Crippen LogP contribution in [0, 0.1) is 0 Å². The largest absolute Gasteiger partial charge is 0.449 e. The standard InChI is InChI=1S/C24H21ClF3N5O2/c1-32-12-15(11-29-32)19-9-14(7-8-35-19)18-10-17-21(20(30-18)13-3-5-16(25)6-4-13)31-23(24(26,27)28)33(2)22(17)34/h3-6,10-12,14,19H,7-9H2,1-2H3/t14-,19-/m1/s1. The first-order valence-corrected chi connectivity index (χ1v) is 11.3. The van der Waals surface area contributed by atoms with Gasteiger partial charge < -0.3 is 4.74 Å². The third-order valence-corrected chi connectivity index (χ3v) is 6.51. The van der Waals surface area contributed by atoms with Crippen LogP contribution >= 0.6 is 11.6 Å². The highest BCUT2D eigenvalue weighted by Gasteiger charge is 2.37. The Morgan fingerprint density at radius 3 is 2.54 bits per heavy atom. The second-order valence-corrected chi connectivity index (χ2v) is 9.06. The van der Waals surface area contributed by atoms with E-state index < -0.39 is 17.6 Å². The molecule has 1 aliphatic heterocycles. The Morgan fingerprint density at radius 1 is 1.14 bits per heavy atom. The SMILES string of the molecule is Cn1cc([C@H]2C[C@H](c3cc4c(=O)n(C)c(C(F)(F)F)nc4c(-c4ccc(Cl)cc4)n3)CCO2)cn1. The van der Waals surface area contributed by atoms with E-state index >= 15 is 0 Å². The van der Waals surface area contributed by atoms with Crippen molar-refractivity contribution in [1.82, 2.24) is 24.3 Å². The first-order valence-electron chi connectivity index (χ1n) is 11.0. The van der Waals surface area contributed by atoms with Crippen molar-refractivity contribution in [1.29, 1.82) is 0 Å². The Bertz CT molecular complexity index is 1460. The summed E-state index contributed by atoms with van der Waals surface area (Å²) in [6.07, 6.45) is -0.109. The summed E-state index contributed by atoms with van der Waals surface area (Å²) < 4.78 is 49.1. The van der Waals surface area contributed by atoms with Crippen LogP contribution in [0.2, 0.25) is 5.02 Å². The summed E-state index contributed by atoms with van der Waals surface area (Å²) in [5.74, 6) is -1.35. The van der Waals surface area contributed by atoms with Crippen molar-refractivity contribution in [3.05, 3.63) is 75.2 Å². The molecule has 0 bridgehead atoms. The van der Waals surface area contributed by atoms with Crippen LogP contribution in [0.15, 0.2) is 47.5 Å². The minimum Gasteiger partial charge on any atom is -0.373 e. The minimum absolute atomic E-state index is 0.0728. The Labute approximate surface area is 203 Å². The normalized spacial score (nSPS) is 18.8. The van der Waals surface area contributed by atoms with E-state index in [4.69, 9.17) is 21.3 Å². The van der Waals surface area contributed by atoms with Crippen molar-refractivity contribution in [3.8, 4) is 11.3 Å². The quantitative estimate of drug-likeness (QED) is 0.392. The maximum atomic E-state index is 13.6. The highest BCUT2D eigenvalue weighted by atomic mass is 35.5. The number of benzene rings is 1. The molecule has 0 saturated carbocycles. The monoisotopic (exact) mass is 503 g/mol. The van der Waals surface area contributed by atoms with E-state index in [1.807, 2.05) is 13.2 Å². The molecule has 7 nitrogen and oxygen atoms in total. The third-order valence-electron chi connectivity index (χ3n) is 6.25. The number of aromatic nitrogens is 5. The number of fused-ring (bicyclic) bond motifs is 1. The lowest BCUT2D eigenvalue weighted by atomic mass is 9.89. The number of hydrogen-bond donors (Lipinski definition) is 0. The maximum Gasteiger partial charge on any atom is 0.449 e. The van der Waals surface area contributed by atoms with E-state index in [9.17, 15) is 18.0 Å². The van der Waals surface area contributed by atoms with Crippen molar-refractivity contribution in [2.75, 3.05) is 6.61 Å². The molecule has 0 N–H and O–H groups in total. The van der Waals surface area contributed by atoms with Crippen LogP contribution in [0.1, 0.15) is 41.9 Å². The van der Waals surface area contributed by atoms with Gasteiger partial charge in [0.15, 0.2) is 0 Å². The molecule has 11 heteroatoms. The van der Waals surface area contributed by atoms with Gasteiger partial charge in [-0.1, -0.05) is 23.7 Å². The smallest absolute Gasteiger partial charge is 0.373 e. The van der Waals surface area contributed by atoms with E-state index in [1.54, 1.807) is 41.2 Å². The molecule has 35 heavy (non-hydrogen) atoms. The van der Waals surface area contributed by atoms with Crippen LogP contribution in [-0.2, 0) is 25.0 Å². The summed E-state index contributed by atoms with van der Waals surface area (Å²) in [5, 5.41) is 4.76. The predicted octanol–water partition coefficient (Wildman–Crippen LogP) is 5.04. The van der Waals surface area contributed by atoms with Gasteiger partial charge in [-0.3, -0.25) is 19.0 Å². The van der Waals surface area contributed by atoms with E-state index in [0.29, 0.717) is 40.3 Å². The number of aryl methyl sites for hydroxylation is 1. The summed E-state index contributed by atoms with van der Waals surface area (Å²) in [7, 11) is 2.90. The van der Waals surface area contributed by atoms with Crippen LogP contribution in [0.25, 0.3) is 22.2 Å². The molecule has 1 aromatic carbocycles. The second kappa shape index (κ2) is 8.76. The van der Waals surface area contributed by atoms with E-state index in [-0.39, 0.29) is 28.6 Å². The molecule has 0 amide bonds. The second-order valence-electron chi connectivity index (χ2n) is 8.62. The van der Waals surface area contributed by atoms with Gasteiger partial charge in [-0.2, -0.15) is 18.3 Å². The summed E-state index contributed by atoms with van der Waals surface area (Å²) in [4.78, 5) is 21.7. The van der Waals surface area contributed by atoms with E-state index in [2.05, 4.69) is 10.1 Å². The Hall–Kier alpha value is -3.24. The zero-order chi connectivity index (χ0) is 24.9.